The Morgan fingerprint density at radius 1 is 1.41 bits per heavy atom. The van der Waals surface area contributed by atoms with Gasteiger partial charge in [0.1, 0.15) is 0 Å². The summed E-state index contributed by atoms with van der Waals surface area (Å²) in [5, 5.41) is 13.8. The quantitative estimate of drug-likeness (QED) is 0.428. The zero-order valence-electron chi connectivity index (χ0n) is 10.0. The molecular formula is C12H18N2O3. The molecule has 0 aromatic heterocycles. The van der Waals surface area contributed by atoms with Crippen molar-refractivity contribution in [1.82, 2.24) is 5.32 Å². The number of ether oxygens (including phenoxy) is 1. The van der Waals surface area contributed by atoms with E-state index in [2.05, 4.69) is 12.2 Å². The maximum atomic E-state index is 10.6. The van der Waals surface area contributed by atoms with Crippen molar-refractivity contribution in [2.75, 3.05) is 19.7 Å². The molecule has 17 heavy (non-hydrogen) atoms. The van der Waals surface area contributed by atoms with Gasteiger partial charge in [-0.15, -0.1) is 0 Å². The highest BCUT2D eigenvalue weighted by atomic mass is 16.6. The van der Waals surface area contributed by atoms with E-state index in [1.54, 1.807) is 12.1 Å². The lowest BCUT2D eigenvalue weighted by Crippen LogP contribution is -2.20. The first kappa shape index (κ1) is 13.6. The Hall–Kier alpha value is -1.46. The van der Waals surface area contributed by atoms with Gasteiger partial charge in [0, 0.05) is 18.7 Å². The summed E-state index contributed by atoms with van der Waals surface area (Å²) in [4.78, 5) is 10.2. The van der Waals surface area contributed by atoms with E-state index in [0.717, 1.165) is 25.1 Å². The van der Waals surface area contributed by atoms with Gasteiger partial charge in [0.2, 0.25) is 0 Å². The van der Waals surface area contributed by atoms with Gasteiger partial charge in [-0.3, -0.25) is 10.1 Å². The number of hydrogen-bond donors (Lipinski definition) is 1. The summed E-state index contributed by atoms with van der Waals surface area (Å²) in [5.41, 5.74) is 0.935. The third-order valence-corrected chi connectivity index (χ3v) is 2.24. The largest absolute Gasteiger partial charge is 0.375 e. The molecule has 1 rings (SSSR count). The molecule has 1 aromatic carbocycles. The number of nitrogens with one attached hydrogen (secondary N) is 1. The maximum absolute atomic E-state index is 10.6. The molecule has 1 N–H and O–H groups in total. The van der Waals surface area contributed by atoms with Crippen molar-refractivity contribution in [1.29, 1.82) is 0 Å². The van der Waals surface area contributed by atoms with E-state index in [1.165, 1.54) is 6.07 Å². The molecule has 0 radical (unpaired) electrons. The third kappa shape index (κ3) is 5.42. The van der Waals surface area contributed by atoms with Crippen molar-refractivity contribution in [3.8, 4) is 0 Å². The molecule has 0 spiro atoms. The van der Waals surface area contributed by atoms with Crippen molar-refractivity contribution in [3.05, 3.63) is 39.9 Å². The monoisotopic (exact) mass is 238 g/mol. The summed E-state index contributed by atoms with van der Waals surface area (Å²) in [6.07, 6.45) is 1.10. The molecule has 0 aliphatic carbocycles. The molecule has 5 heteroatoms. The van der Waals surface area contributed by atoms with E-state index in [-0.39, 0.29) is 5.69 Å². The van der Waals surface area contributed by atoms with Crippen LogP contribution in [0.5, 0.6) is 0 Å². The van der Waals surface area contributed by atoms with Crippen LogP contribution in [-0.4, -0.2) is 24.6 Å². The standard InChI is InChI=1S/C12H18N2O3/c1-2-6-13-7-8-17-10-11-4-3-5-12(9-11)14(15)16/h3-5,9,13H,2,6-8,10H2,1H3. The maximum Gasteiger partial charge on any atom is 0.269 e. The number of nitro benzene ring substituents is 1. The molecule has 5 nitrogen and oxygen atoms in total. The van der Waals surface area contributed by atoms with Crippen LogP contribution in [-0.2, 0) is 11.3 Å². The molecule has 1 aromatic rings. The minimum absolute atomic E-state index is 0.107. The van der Waals surface area contributed by atoms with Gasteiger partial charge in [0.05, 0.1) is 18.1 Å². The Kier molecular flexibility index (Phi) is 6.21. The normalized spacial score (nSPS) is 10.4. The fourth-order valence-corrected chi connectivity index (χ4v) is 1.40. The predicted octanol–water partition coefficient (Wildman–Crippen LogP) is 2.11. The van der Waals surface area contributed by atoms with E-state index < -0.39 is 4.92 Å². The molecule has 0 heterocycles. The van der Waals surface area contributed by atoms with Crippen LogP contribution >= 0.6 is 0 Å². The van der Waals surface area contributed by atoms with Crippen molar-refractivity contribution in [2.45, 2.75) is 20.0 Å². The third-order valence-electron chi connectivity index (χ3n) is 2.24. The van der Waals surface area contributed by atoms with Crippen LogP contribution in [0.2, 0.25) is 0 Å². The Labute approximate surface area is 101 Å². The van der Waals surface area contributed by atoms with Gasteiger partial charge in [-0.05, 0) is 18.5 Å². The molecule has 0 unspecified atom stereocenters. The lowest BCUT2D eigenvalue weighted by atomic mass is 10.2. The molecule has 0 aliphatic rings. The molecule has 0 amide bonds. The van der Waals surface area contributed by atoms with Crippen LogP contribution in [0.4, 0.5) is 5.69 Å². The summed E-state index contributed by atoms with van der Waals surface area (Å²) >= 11 is 0. The van der Waals surface area contributed by atoms with Gasteiger partial charge in [0.25, 0.3) is 5.69 Å². The van der Waals surface area contributed by atoms with Crippen LogP contribution < -0.4 is 5.32 Å². The van der Waals surface area contributed by atoms with Crippen LogP contribution in [0.3, 0.4) is 0 Å². The van der Waals surface area contributed by atoms with E-state index in [1.807, 2.05) is 6.07 Å². The predicted molar refractivity (Wildman–Crippen MR) is 65.9 cm³/mol. The number of benzene rings is 1. The molecule has 0 fully saturated rings. The van der Waals surface area contributed by atoms with Crippen LogP contribution in [0.1, 0.15) is 18.9 Å². The zero-order valence-corrected chi connectivity index (χ0v) is 10.0. The Balaban J connectivity index is 2.27. The van der Waals surface area contributed by atoms with Gasteiger partial charge in [-0.25, -0.2) is 0 Å². The van der Waals surface area contributed by atoms with Crippen LogP contribution in [0.25, 0.3) is 0 Å². The Morgan fingerprint density at radius 2 is 2.24 bits per heavy atom. The van der Waals surface area contributed by atoms with Gasteiger partial charge in [-0.2, -0.15) is 0 Å². The summed E-state index contributed by atoms with van der Waals surface area (Å²) < 4.78 is 5.42. The average molecular weight is 238 g/mol. The molecular weight excluding hydrogens is 220 g/mol. The second-order valence-corrected chi connectivity index (χ2v) is 3.73. The highest BCUT2D eigenvalue weighted by Gasteiger charge is 2.05. The summed E-state index contributed by atoms with van der Waals surface area (Å²) in [7, 11) is 0. The fourth-order valence-electron chi connectivity index (χ4n) is 1.40. The number of nitrogens with zero attached hydrogens (tertiary/aromatic N) is 1. The van der Waals surface area contributed by atoms with Crippen molar-refractivity contribution in [2.24, 2.45) is 0 Å². The lowest BCUT2D eigenvalue weighted by molar-refractivity contribution is -0.384. The van der Waals surface area contributed by atoms with Gasteiger partial charge in [0.15, 0.2) is 0 Å². The first-order valence-electron chi connectivity index (χ1n) is 5.76. The van der Waals surface area contributed by atoms with Gasteiger partial charge < -0.3 is 10.1 Å². The molecule has 94 valence electrons. The van der Waals surface area contributed by atoms with E-state index in [0.29, 0.717) is 13.2 Å². The molecule has 0 aliphatic heterocycles. The molecule has 0 bridgehead atoms. The first-order chi connectivity index (χ1) is 8.24. The Bertz CT molecular complexity index is 355. The molecule has 0 atom stereocenters. The second kappa shape index (κ2) is 7.76. The van der Waals surface area contributed by atoms with Gasteiger partial charge in [-0.1, -0.05) is 19.1 Å². The summed E-state index contributed by atoms with van der Waals surface area (Å²) in [6.45, 7) is 4.93. The number of nitro groups is 1. The minimum Gasteiger partial charge on any atom is -0.375 e. The summed E-state index contributed by atoms with van der Waals surface area (Å²) in [6, 6.07) is 6.52. The van der Waals surface area contributed by atoms with Crippen molar-refractivity contribution < 1.29 is 9.66 Å². The molecule has 0 saturated heterocycles. The smallest absolute Gasteiger partial charge is 0.269 e. The van der Waals surface area contributed by atoms with Gasteiger partial charge >= 0.3 is 0 Å². The topological polar surface area (TPSA) is 64.4 Å². The first-order valence-corrected chi connectivity index (χ1v) is 5.76. The highest BCUT2D eigenvalue weighted by molar-refractivity contribution is 5.33. The highest BCUT2D eigenvalue weighted by Crippen LogP contribution is 2.13. The summed E-state index contributed by atoms with van der Waals surface area (Å²) in [5.74, 6) is 0. The van der Waals surface area contributed by atoms with Crippen LogP contribution in [0, 0.1) is 10.1 Å². The second-order valence-electron chi connectivity index (χ2n) is 3.73. The van der Waals surface area contributed by atoms with E-state index >= 15 is 0 Å². The molecule has 0 saturated carbocycles. The number of rotatable bonds is 8. The minimum atomic E-state index is -0.397. The Morgan fingerprint density at radius 3 is 2.94 bits per heavy atom. The van der Waals surface area contributed by atoms with Crippen molar-refractivity contribution in [3.63, 3.8) is 0 Å². The van der Waals surface area contributed by atoms with E-state index in [9.17, 15) is 10.1 Å². The number of hydrogen-bond acceptors (Lipinski definition) is 4. The van der Waals surface area contributed by atoms with Crippen molar-refractivity contribution >= 4 is 5.69 Å². The van der Waals surface area contributed by atoms with E-state index in [4.69, 9.17) is 4.74 Å². The lowest BCUT2D eigenvalue weighted by Gasteiger charge is -2.05. The average Bonchev–Trinajstić information content (AvgIpc) is 2.34. The van der Waals surface area contributed by atoms with Crippen LogP contribution in [0.15, 0.2) is 24.3 Å². The fraction of sp³-hybridized carbons (Fsp3) is 0.500. The number of non-ortho nitro benzene ring substituents is 1. The zero-order chi connectivity index (χ0) is 12.5. The SMILES string of the molecule is CCCNCCOCc1cccc([N+](=O)[O-])c1.